The van der Waals surface area contributed by atoms with E-state index < -0.39 is 19.0 Å². The van der Waals surface area contributed by atoms with Gasteiger partial charge in [0, 0.05) is 4.90 Å². The third-order valence-corrected chi connectivity index (χ3v) is 5.36. The second-order valence-electron chi connectivity index (χ2n) is 4.10. The Morgan fingerprint density at radius 2 is 1.90 bits per heavy atom. The highest BCUT2D eigenvalue weighted by molar-refractivity contribution is 8.00. The fourth-order valence-corrected chi connectivity index (χ4v) is 4.36. The van der Waals surface area contributed by atoms with Gasteiger partial charge < -0.3 is 9.26 Å². The third kappa shape index (κ3) is 7.14. The maximum atomic E-state index is 12.5. The Bertz CT molecular complexity index is 480. The number of esters is 1. The van der Waals surface area contributed by atoms with Crippen LogP contribution >= 0.6 is 19.4 Å². The molecule has 0 radical (unpaired) electrons. The summed E-state index contributed by atoms with van der Waals surface area (Å²) in [5.74, 6) is -0.578. The minimum Gasteiger partial charge on any atom is -0.466 e. The number of carbonyl (C=O) groups is 1. The van der Waals surface area contributed by atoms with E-state index in [9.17, 15) is 9.36 Å². The van der Waals surface area contributed by atoms with Gasteiger partial charge in [-0.25, -0.2) is 0 Å². The van der Waals surface area contributed by atoms with Gasteiger partial charge in [0.15, 0.2) is 0 Å². The quantitative estimate of drug-likeness (QED) is 0.295. The summed E-state index contributed by atoms with van der Waals surface area (Å²) in [6.45, 7) is 5.61. The van der Waals surface area contributed by atoms with Crippen molar-refractivity contribution >= 4 is 25.3 Å². The van der Waals surface area contributed by atoms with Crippen molar-refractivity contribution in [3.63, 3.8) is 0 Å². The number of hydrogen-bond acceptors (Lipinski definition) is 6. The lowest BCUT2D eigenvalue weighted by Gasteiger charge is -2.21. The zero-order chi connectivity index (χ0) is 15.7. The molecular formula is C14H21O5PS. The summed E-state index contributed by atoms with van der Waals surface area (Å²) in [7, 11) is -3.49. The van der Waals surface area contributed by atoms with Crippen molar-refractivity contribution in [3.05, 3.63) is 30.3 Å². The number of carbonyl (C=O) groups excluding carboxylic acids is 1. The molecule has 0 fully saturated rings. The zero-order valence-electron chi connectivity index (χ0n) is 12.5. The molecule has 5 nitrogen and oxygen atoms in total. The Hall–Kier alpha value is -0.810. The molecule has 1 aromatic rings. The molecule has 2 atom stereocenters. The second-order valence-corrected chi connectivity index (χ2v) is 7.47. The van der Waals surface area contributed by atoms with Crippen molar-refractivity contribution in [2.45, 2.75) is 31.1 Å². The van der Waals surface area contributed by atoms with Crippen LogP contribution in [0.15, 0.2) is 35.2 Å². The van der Waals surface area contributed by atoms with Crippen molar-refractivity contribution in [3.8, 4) is 0 Å². The fraction of sp³-hybridized carbons (Fsp3) is 0.500. The minimum absolute atomic E-state index is 0.208. The molecule has 7 heteroatoms. The van der Waals surface area contributed by atoms with Crippen LogP contribution in [0.3, 0.4) is 0 Å². The molecule has 0 aliphatic heterocycles. The van der Waals surface area contributed by atoms with E-state index in [2.05, 4.69) is 0 Å². The second kappa shape index (κ2) is 9.26. The van der Waals surface area contributed by atoms with E-state index in [1.54, 1.807) is 20.8 Å². The van der Waals surface area contributed by atoms with Crippen LogP contribution in [-0.2, 0) is 23.1 Å². The van der Waals surface area contributed by atoms with Crippen molar-refractivity contribution in [2.24, 2.45) is 0 Å². The molecule has 0 amide bonds. The third-order valence-electron chi connectivity index (χ3n) is 2.31. The summed E-state index contributed by atoms with van der Waals surface area (Å²) in [5, 5.41) is 0. The molecule has 0 N–H and O–H groups in total. The van der Waals surface area contributed by atoms with Crippen LogP contribution in [0.4, 0.5) is 0 Å². The van der Waals surface area contributed by atoms with Gasteiger partial charge in [-0.3, -0.25) is 13.9 Å². The fourth-order valence-electron chi connectivity index (χ4n) is 1.61. The molecule has 0 aliphatic carbocycles. The van der Waals surface area contributed by atoms with Crippen LogP contribution in [0.25, 0.3) is 0 Å². The Morgan fingerprint density at radius 1 is 1.24 bits per heavy atom. The lowest BCUT2D eigenvalue weighted by atomic mass is 10.4. The van der Waals surface area contributed by atoms with E-state index in [0.29, 0.717) is 0 Å². The van der Waals surface area contributed by atoms with Gasteiger partial charge >= 0.3 is 13.6 Å². The van der Waals surface area contributed by atoms with Crippen LogP contribution in [0.1, 0.15) is 20.8 Å². The molecule has 118 valence electrons. The standard InChI is InChI=1S/C14H21O5PS/c1-4-17-14(15)11-20(16,18-5-2)19-12(3)21-13-9-7-6-8-10-13/h6-10,12H,4-5,11H2,1-3H3. The van der Waals surface area contributed by atoms with E-state index in [1.165, 1.54) is 11.8 Å². The first-order valence-corrected chi connectivity index (χ1v) is 9.39. The molecule has 21 heavy (non-hydrogen) atoms. The monoisotopic (exact) mass is 332 g/mol. The average molecular weight is 332 g/mol. The number of rotatable bonds is 9. The van der Waals surface area contributed by atoms with E-state index in [-0.39, 0.29) is 19.4 Å². The van der Waals surface area contributed by atoms with Crippen LogP contribution < -0.4 is 0 Å². The van der Waals surface area contributed by atoms with Gasteiger partial charge in [-0.05, 0) is 32.9 Å². The predicted octanol–water partition coefficient (Wildman–Crippen LogP) is 3.93. The molecule has 0 aliphatic rings. The predicted molar refractivity (Wildman–Crippen MR) is 83.6 cm³/mol. The zero-order valence-corrected chi connectivity index (χ0v) is 14.2. The topological polar surface area (TPSA) is 61.8 Å². The molecule has 0 saturated carbocycles. The van der Waals surface area contributed by atoms with Gasteiger partial charge in [0.25, 0.3) is 0 Å². The highest BCUT2D eigenvalue weighted by Gasteiger charge is 2.31. The van der Waals surface area contributed by atoms with E-state index >= 15 is 0 Å². The average Bonchev–Trinajstić information content (AvgIpc) is 2.39. The Kier molecular flexibility index (Phi) is 8.04. The van der Waals surface area contributed by atoms with Gasteiger partial charge in [0.05, 0.1) is 13.2 Å². The molecule has 1 aromatic carbocycles. The maximum Gasteiger partial charge on any atom is 0.342 e. The Morgan fingerprint density at radius 3 is 2.48 bits per heavy atom. The van der Waals surface area contributed by atoms with Crippen LogP contribution in [0.2, 0.25) is 0 Å². The normalized spacial score (nSPS) is 15.2. The summed E-state index contributed by atoms with van der Waals surface area (Å²) in [4.78, 5) is 12.5. The summed E-state index contributed by atoms with van der Waals surface area (Å²) >= 11 is 1.41. The van der Waals surface area contributed by atoms with Gasteiger partial charge in [0.1, 0.15) is 11.6 Å². The first kappa shape index (κ1) is 18.2. The van der Waals surface area contributed by atoms with Crippen LogP contribution in [0, 0.1) is 0 Å². The highest BCUT2D eigenvalue weighted by Crippen LogP contribution is 2.51. The van der Waals surface area contributed by atoms with Gasteiger partial charge in [-0.2, -0.15) is 0 Å². The van der Waals surface area contributed by atoms with Crippen LogP contribution in [-0.4, -0.2) is 30.8 Å². The molecule has 2 unspecified atom stereocenters. The number of hydrogen-bond donors (Lipinski definition) is 0. The highest BCUT2D eigenvalue weighted by atomic mass is 32.2. The molecule has 1 rings (SSSR count). The van der Waals surface area contributed by atoms with Crippen molar-refractivity contribution in [1.82, 2.24) is 0 Å². The molecule has 0 aromatic heterocycles. The Balaban J connectivity index is 2.63. The summed E-state index contributed by atoms with van der Waals surface area (Å²) in [6.07, 6.45) is -0.367. The molecular weight excluding hydrogens is 311 g/mol. The maximum absolute atomic E-state index is 12.5. The molecule has 0 bridgehead atoms. The largest absolute Gasteiger partial charge is 0.466 e. The van der Waals surface area contributed by atoms with E-state index in [1.807, 2.05) is 30.3 Å². The lowest BCUT2D eigenvalue weighted by molar-refractivity contribution is -0.140. The summed E-state index contributed by atoms with van der Waals surface area (Å²) in [5.41, 5.74) is -0.404. The SMILES string of the molecule is CCOC(=O)CP(=O)(OCC)OC(C)Sc1ccccc1. The van der Waals surface area contributed by atoms with Crippen LogP contribution in [0.5, 0.6) is 0 Å². The van der Waals surface area contributed by atoms with E-state index in [0.717, 1.165) is 4.90 Å². The molecule has 0 saturated heterocycles. The molecule has 0 heterocycles. The van der Waals surface area contributed by atoms with Crippen molar-refractivity contribution in [2.75, 3.05) is 19.4 Å². The summed E-state index contributed by atoms with van der Waals surface area (Å²) in [6, 6.07) is 9.61. The van der Waals surface area contributed by atoms with Gasteiger partial charge in [-0.1, -0.05) is 30.0 Å². The lowest BCUT2D eigenvalue weighted by Crippen LogP contribution is -2.15. The first-order chi connectivity index (χ1) is 9.99. The number of benzene rings is 1. The smallest absolute Gasteiger partial charge is 0.342 e. The van der Waals surface area contributed by atoms with E-state index in [4.69, 9.17) is 13.8 Å². The Labute approximate surface area is 129 Å². The van der Waals surface area contributed by atoms with Gasteiger partial charge in [-0.15, -0.1) is 0 Å². The van der Waals surface area contributed by atoms with Crippen molar-refractivity contribution in [1.29, 1.82) is 0 Å². The minimum atomic E-state index is -3.49. The number of ether oxygens (including phenoxy) is 1. The van der Waals surface area contributed by atoms with Crippen molar-refractivity contribution < 1.29 is 23.1 Å². The molecule has 0 spiro atoms. The first-order valence-electron chi connectivity index (χ1n) is 6.78. The number of thioether (sulfide) groups is 1. The summed E-state index contributed by atoms with van der Waals surface area (Å²) < 4.78 is 28.0. The van der Waals surface area contributed by atoms with Gasteiger partial charge in [0.2, 0.25) is 0 Å².